The average Bonchev–Trinajstić information content (AvgIpc) is 3.36. The maximum Gasteiger partial charge on any atom is 0.234 e. The van der Waals surface area contributed by atoms with E-state index >= 15 is 0 Å². The van der Waals surface area contributed by atoms with Crippen molar-refractivity contribution in [2.45, 2.75) is 43.9 Å². The van der Waals surface area contributed by atoms with Crippen LogP contribution >= 0.6 is 39.0 Å². The van der Waals surface area contributed by atoms with Gasteiger partial charge in [0, 0.05) is 27.9 Å². The lowest BCUT2D eigenvalue weighted by Crippen LogP contribution is -2.42. The van der Waals surface area contributed by atoms with Gasteiger partial charge in [-0.05, 0) is 48.6 Å². The van der Waals surface area contributed by atoms with Crippen LogP contribution in [0, 0.1) is 23.7 Å². The highest BCUT2D eigenvalue weighted by atomic mass is 79.9. The Morgan fingerprint density at radius 2 is 1.90 bits per heavy atom. The van der Waals surface area contributed by atoms with E-state index < -0.39 is 5.92 Å². The van der Waals surface area contributed by atoms with Crippen molar-refractivity contribution in [3.63, 3.8) is 0 Å². The van der Waals surface area contributed by atoms with Crippen LogP contribution in [0.2, 0.25) is 0 Å². The topological polar surface area (TPSA) is 125 Å². The van der Waals surface area contributed by atoms with E-state index in [9.17, 15) is 14.9 Å². The molecule has 0 bridgehead atoms. The number of nitrogens with one attached hydrogen (secondary N) is 1. The molecular weight excluding hydrogens is 608 g/mol. The van der Waals surface area contributed by atoms with Crippen LogP contribution in [0.15, 0.2) is 80.0 Å². The van der Waals surface area contributed by atoms with Crippen LogP contribution in [0.1, 0.15) is 43.7 Å². The number of nitrogens with two attached hydrogens (primary N) is 1. The van der Waals surface area contributed by atoms with Crippen LogP contribution in [0.5, 0.6) is 0 Å². The number of carbonyl (C=O) groups is 2. The van der Waals surface area contributed by atoms with Crippen molar-refractivity contribution in [2.24, 2.45) is 11.1 Å². The van der Waals surface area contributed by atoms with Crippen molar-refractivity contribution in [2.75, 3.05) is 16.0 Å². The van der Waals surface area contributed by atoms with Gasteiger partial charge in [0.05, 0.1) is 23.3 Å². The van der Waals surface area contributed by atoms with E-state index in [1.54, 1.807) is 4.90 Å². The maximum absolute atomic E-state index is 13.7. The first-order chi connectivity index (χ1) is 19.1. The predicted molar refractivity (Wildman–Crippen MR) is 162 cm³/mol. The van der Waals surface area contributed by atoms with Gasteiger partial charge >= 0.3 is 0 Å². The van der Waals surface area contributed by atoms with Crippen LogP contribution in [0.25, 0.3) is 0 Å². The second-order valence-corrected chi connectivity index (χ2v) is 13.7. The number of hydrogen-bond acceptors (Lipinski definition) is 9. The molecule has 0 fully saturated rings. The SMILES string of the molecule is Cc1ccc(C2C(C#N)=C(N)N(c3nnc(SCC(=O)Nc4ccc(Br)cc4)s3)C3=C2C(=O)CC(C)(C)C3)cc1. The van der Waals surface area contributed by atoms with Crippen molar-refractivity contribution >= 4 is 61.5 Å². The third kappa shape index (κ3) is 5.70. The minimum Gasteiger partial charge on any atom is -0.384 e. The Balaban J connectivity index is 1.46. The van der Waals surface area contributed by atoms with Gasteiger partial charge in [-0.15, -0.1) is 10.2 Å². The quantitative estimate of drug-likeness (QED) is 0.303. The van der Waals surface area contributed by atoms with Gasteiger partial charge in [0.25, 0.3) is 0 Å². The van der Waals surface area contributed by atoms with Gasteiger partial charge in [0.1, 0.15) is 5.82 Å². The number of halogens is 1. The van der Waals surface area contributed by atoms with Gasteiger partial charge in [-0.2, -0.15) is 5.26 Å². The molecule has 204 valence electrons. The molecule has 0 saturated carbocycles. The van der Waals surface area contributed by atoms with E-state index in [4.69, 9.17) is 5.73 Å². The fraction of sp³-hybridized carbons (Fsp3) is 0.276. The molecule has 1 amide bonds. The van der Waals surface area contributed by atoms with Crippen LogP contribution in [-0.2, 0) is 9.59 Å². The van der Waals surface area contributed by atoms with E-state index in [1.807, 2.05) is 55.5 Å². The Kier molecular flexibility index (Phi) is 7.86. The summed E-state index contributed by atoms with van der Waals surface area (Å²) in [4.78, 5) is 27.9. The molecule has 3 aromatic rings. The highest BCUT2D eigenvalue weighted by molar-refractivity contribution is 9.10. The third-order valence-electron chi connectivity index (χ3n) is 6.83. The molecule has 2 aromatic carbocycles. The smallest absolute Gasteiger partial charge is 0.234 e. The molecule has 1 aliphatic carbocycles. The zero-order chi connectivity index (χ0) is 28.6. The largest absolute Gasteiger partial charge is 0.384 e. The summed E-state index contributed by atoms with van der Waals surface area (Å²) < 4.78 is 1.51. The monoisotopic (exact) mass is 634 g/mol. The number of aromatic nitrogens is 2. The van der Waals surface area contributed by atoms with Gasteiger partial charge in [0.2, 0.25) is 11.0 Å². The molecule has 3 N–H and O–H groups in total. The molecule has 0 saturated heterocycles. The van der Waals surface area contributed by atoms with E-state index in [1.165, 1.54) is 23.1 Å². The molecule has 1 aromatic heterocycles. The first-order valence-corrected chi connectivity index (χ1v) is 15.2. The highest BCUT2D eigenvalue weighted by Gasteiger charge is 2.45. The summed E-state index contributed by atoms with van der Waals surface area (Å²) in [7, 11) is 0. The Morgan fingerprint density at radius 3 is 2.58 bits per heavy atom. The third-order valence-corrected chi connectivity index (χ3v) is 9.40. The fourth-order valence-corrected chi connectivity index (χ4v) is 6.97. The van der Waals surface area contributed by atoms with Crippen LogP contribution < -0.4 is 16.0 Å². The molecule has 2 heterocycles. The number of amides is 1. The van der Waals surface area contributed by atoms with Crippen molar-refractivity contribution < 1.29 is 9.59 Å². The Hall–Kier alpha value is -3.46. The van der Waals surface area contributed by atoms with Crippen molar-refractivity contribution in [1.29, 1.82) is 5.26 Å². The van der Waals surface area contributed by atoms with Gasteiger partial charge in [0.15, 0.2) is 10.1 Å². The summed E-state index contributed by atoms with van der Waals surface area (Å²) in [6, 6.07) is 17.5. The number of benzene rings is 2. The molecule has 8 nitrogen and oxygen atoms in total. The molecule has 0 spiro atoms. The number of nitrogens with zero attached hydrogens (tertiary/aromatic N) is 4. The van der Waals surface area contributed by atoms with Crippen LogP contribution in [0.3, 0.4) is 0 Å². The molecule has 0 radical (unpaired) electrons. The molecule has 1 aliphatic heterocycles. The fourth-order valence-electron chi connectivity index (χ4n) is 5.03. The summed E-state index contributed by atoms with van der Waals surface area (Å²) in [5.74, 6) is -0.304. The number of thioether (sulfide) groups is 1. The average molecular weight is 636 g/mol. The molecular formula is C29H27BrN6O2S2. The second kappa shape index (κ2) is 11.2. The number of Topliss-reactive ketones (excluding diaryl/α,β-unsaturated/α-hetero) is 1. The normalized spacial score (nSPS) is 18.4. The summed E-state index contributed by atoms with van der Waals surface area (Å²) in [5.41, 5.74) is 10.7. The highest BCUT2D eigenvalue weighted by Crippen LogP contribution is 2.50. The number of anilines is 2. The van der Waals surface area contributed by atoms with E-state index in [0.717, 1.165) is 21.3 Å². The Morgan fingerprint density at radius 1 is 1.20 bits per heavy atom. The minimum atomic E-state index is -0.537. The first kappa shape index (κ1) is 28.1. The molecule has 5 rings (SSSR count). The van der Waals surface area contributed by atoms with E-state index in [2.05, 4.69) is 51.4 Å². The van der Waals surface area contributed by atoms with Crippen molar-refractivity contribution in [1.82, 2.24) is 10.2 Å². The van der Waals surface area contributed by atoms with Gasteiger partial charge in [-0.3, -0.25) is 14.5 Å². The summed E-state index contributed by atoms with van der Waals surface area (Å²) >= 11 is 5.92. The lowest BCUT2D eigenvalue weighted by atomic mass is 9.68. The van der Waals surface area contributed by atoms with Gasteiger partial charge < -0.3 is 11.1 Å². The Bertz CT molecular complexity index is 1590. The second-order valence-electron chi connectivity index (χ2n) is 10.6. The van der Waals surface area contributed by atoms with Crippen LogP contribution in [0.4, 0.5) is 10.8 Å². The van der Waals surface area contributed by atoms with E-state index in [0.29, 0.717) is 39.1 Å². The number of hydrogen-bond donors (Lipinski definition) is 2. The van der Waals surface area contributed by atoms with Gasteiger partial charge in [-0.1, -0.05) is 82.7 Å². The van der Waals surface area contributed by atoms with Crippen molar-refractivity contribution in [3.05, 3.63) is 86.8 Å². The molecule has 1 unspecified atom stereocenters. The Labute approximate surface area is 249 Å². The number of allylic oxidation sites excluding steroid dienone is 3. The van der Waals surface area contributed by atoms with Crippen LogP contribution in [-0.4, -0.2) is 27.6 Å². The molecule has 1 atom stereocenters. The number of rotatable bonds is 6. The molecule has 40 heavy (non-hydrogen) atoms. The predicted octanol–water partition coefficient (Wildman–Crippen LogP) is 6.28. The minimum absolute atomic E-state index is 0.00537. The summed E-state index contributed by atoms with van der Waals surface area (Å²) in [6.07, 6.45) is 0.971. The number of ketones is 1. The molecule has 11 heteroatoms. The zero-order valence-corrected chi connectivity index (χ0v) is 25.4. The lowest BCUT2D eigenvalue weighted by molar-refractivity contribution is -0.118. The first-order valence-electron chi connectivity index (χ1n) is 12.6. The number of aryl methyl sites for hydroxylation is 1. The summed E-state index contributed by atoms with van der Waals surface area (Å²) in [5, 5.41) is 22.2. The molecule has 2 aliphatic rings. The van der Waals surface area contributed by atoms with E-state index in [-0.39, 0.29) is 28.7 Å². The maximum atomic E-state index is 13.7. The van der Waals surface area contributed by atoms with Gasteiger partial charge in [-0.25, -0.2) is 0 Å². The van der Waals surface area contributed by atoms with Crippen molar-refractivity contribution in [3.8, 4) is 6.07 Å². The summed E-state index contributed by atoms with van der Waals surface area (Å²) in [6.45, 7) is 6.11. The number of carbonyl (C=O) groups excluding carboxylic acids is 2. The lowest BCUT2D eigenvalue weighted by Gasteiger charge is -2.42. The number of nitriles is 1. The zero-order valence-electron chi connectivity index (χ0n) is 22.2. The standard InChI is InChI=1S/C29H27BrN6O2S2/c1-16-4-6-17(7-5-16)24-20(14-31)26(32)36(21-12-29(2,3)13-22(37)25(21)24)27-34-35-28(40-27)39-15-23(38)33-19-10-8-18(30)9-11-19/h4-11,24H,12-13,15,32H2,1-3H3,(H,33,38).